The maximum absolute atomic E-state index is 11.1. The van der Waals surface area contributed by atoms with Gasteiger partial charge < -0.3 is 5.32 Å². The summed E-state index contributed by atoms with van der Waals surface area (Å²) < 4.78 is 0. The van der Waals surface area contributed by atoms with E-state index in [2.05, 4.69) is 5.32 Å². The number of alkyl halides is 1. The molecule has 0 atom stereocenters. The van der Waals surface area contributed by atoms with Crippen molar-refractivity contribution < 1.29 is 4.79 Å². The summed E-state index contributed by atoms with van der Waals surface area (Å²) in [6.07, 6.45) is 0. The van der Waals surface area contributed by atoms with Gasteiger partial charge in [-0.05, 0) is 37.1 Å². The van der Waals surface area contributed by atoms with E-state index in [9.17, 15) is 4.79 Å². The first-order valence-corrected chi connectivity index (χ1v) is 5.08. The summed E-state index contributed by atoms with van der Waals surface area (Å²) in [6.45, 7) is 3.78. The zero-order chi connectivity index (χ0) is 10.7. The number of hydrogen-bond donors (Lipinski definition) is 1. The van der Waals surface area contributed by atoms with Gasteiger partial charge in [-0.15, -0.1) is 11.6 Å². The van der Waals surface area contributed by atoms with Crippen LogP contribution >= 0.6 is 23.2 Å². The van der Waals surface area contributed by atoms with Crippen LogP contribution in [0.25, 0.3) is 0 Å². The molecule has 0 bridgehead atoms. The van der Waals surface area contributed by atoms with Gasteiger partial charge in [0.15, 0.2) is 0 Å². The number of rotatable bonds is 2. The molecule has 0 aliphatic carbocycles. The molecule has 1 aromatic carbocycles. The van der Waals surface area contributed by atoms with E-state index in [1.165, 1.54) is 0 Å². The van der Waals surface area contributed by atoms with Gasteiger partial charge in [0, 0.05) is 10.7 Å². The molecule has 0 radical (unpaired) electrons. The van der Waals surface area contributed by atoms with Gasteiger partial charge in [0.1, 0.15) is 5.88 Å². The molecule has 0 aliphatic heterocycles. The maximum atomic E-state index is 11.1. The smallest absolute Gasteiger partial charge is 0.239 e. The van der Waals surface area contributed by atoms with Crippen LogP contribution < -0.4 is 5.32 Å². The van der Waals surface area contributed by atoms with Gasteiger partial charge in [-0.25, -0.2) is 0 Å². The fourth-order valence-corrected chi connectivity index (χ4v) is 1.67. The average molecular weight is 232 g/mol. The highest BCUT2D eigenvalue weighted by molar-refractivity contribution is 6.31. The fourth-order valence-electron chi connectivity index (χ4n) is 1.28. The van der Waals surface area contributed by atoms with E-state index >= 15 is 0 Å². The Morgan fingerprint density at radius 2 is 1.86 bits per heavy atom. The van der Waals surface area contributed by atoms with Gasteiger partial charge in [-0.2, -0.15) is 0 Å². The molecule has 76 valence electrons. The number of carbonyl (C=O) groups excluding carboxylic acids is 1. The summed E-state index contributed by atoms with van der Waals surface area (Å²) in [5.74, 6) is -0.248. The lowest BCUT2D eigenvalue weighted by molar-refractivity contribution is -0.113. The summed E-state index contributed by atoms with van der Waals surface area (Å²) in [5, 5.41) is 3.40. The fraction of sp³-hybridized carbons (Fsp3) is 0.300. The summed E-state index contributed by atoms with van der Waals surface area (Å²) in [5.41, 5.74) is 2.67. The van der Waals surface area contributed by atoms with Crippen molar-refractivity contribution in [2.24, 2.45) is 0 Å². The Morgan fingerprint density at radius 3 is 2.29 bits per heavy atom. The van der Waals surface area contributed by atoms with Crippen LogP contribution in [0, 0.1) is 13.8 Å². The van der Waals surface area contributed by atoms with Gasteiger partial charge in [-0.1, -0.05) is 11.6 Å². The Bertz CT molecular complexity index is 340. The minimum atomic E-state index is -0.208. The molecule has 1 amide bonds. The van der Waals surface area contributed by atoms with E-state index in [0.29, 0.717) is 5.02 Å². The Hall–Kier alpha value is -0.730. The summed E-state index contributed by atoms with van der Waals surface area (Å²) in [7, 11) is 0. The molecule has 2 nitrogen and oxygen atoms in total. The second-order valence-corrected chi connectivity index (χ2v) is 3.80. The van der Waals surface area contributed by atoms with Crippen LogP contribution in [0.3, 0.4) is 0 Å². The molecule has 0 fully saturated rings. The number of nitrogens with one attached hydrogen (secondary N) is 1. The van der Waals surface area contributed by atoms with Crippen molar-refractivity contribution in [2.45, 2.75) is 13.8 Å². The third kappa shape index (κ3) is 2.63. The van der Waals surface area contributed by atoms with Crippen LogP contribution in [0.15, 0.2) is 12.1 Å². The standard InChI is InChI=1S/C10H11Cl2NO/c1-6-3-8(12)4-7(2)10(6)13-9(14)5-11/h3-4H,5H2,1-2H3,(H,13,14). The number of hydrogen-bond acceptors (Lipinski definition) is 1. The first kappa shape index (κ1) is 11.3. The lowest BCUT2D eigenvalue weighted by Gasteiger charge is -2.10. The van der Waals surface area contributed by atoms with Gasteiger partial charge in [0.25, 0.3) is 0 Å². The normalized spacial score (nSPS) is 10.0. The lowest BCUT2D eigenvalue weighted by atomic mass is 10.1. The van der Waals surface area contributed by atoms with Crippen LogP contribution in [0.4, 0.5) is 5.69 Å². The first-order chi connectivity index (χ1) is 6.54. The summed E-state index contributed by atoms with van der Waals surface area (Å²) in [4.78, 5) is 11.1. The number of amides is 1. The monoisotopic (exact) mass is 231 g/mol. The van der Waals surface area contributed by atoms with E-state index in [-0.39, 0.29) is 11.8 Å². The van der Waals surface area contributed by atoms with E-state index in [4.69, 9.17) is 23.2 Å². The second kappa shape index (κ2) is 4.67. The van der Waals surface area contributed by atoms with Crippen LogP contribution in [0.2, 0.25) is 5.02 Å². The zero-order valence-corrected chi connectivity index (χ0v) is 9.54. The Kier molecular flexibility index (Phi) is 3.78. The van der Waals surface area contributed by atoms with E-state index in [0.717, 1.165) is 16.8 Å². The Balaban J connectivity index is 3.02. The van der Waals surface area contributed by atoms with Crippen molar-refractivity contribution in [1.29, 1.82) is 0 Å². The first-order valence-electron chi connectivity index (χ1n) is 4.17. The Labute approximate surface area is 93.2 Å². The molecular formula is C10H11Cl2NO. The predicted octanol–water partition coefficient (Wildman–Crippen LogP) is 3.13. The molecule has 0 aromatic heterocycles. The van der Waals surface area contributed by atoms with Crippen LogP contribution in [0.5, 0.6) is 0 Å². The second-order valence-electron chi connectivity index (χ2n) is 3.10. The van der Waals surface area contributed by atoms with Crippen LogP contribution in [-0.2, 0) is 4.79 Å². The van der Waals surface area contributed by atoms with Crippen molar-refractivity contribution in [1.82, 2.24) is 0 Å². The van der Waals surface area contributed by atoms with E-state index in [1.807, 2.05) is 13.8 Å². The van der Waals surface area contributed by atoms with Gasteiger partial charge in [-0.3, -0.25) is 4.79 Å². The third-order valence-electron chi connectivity index (χ3n) is 1.88. The lowest BCUT2D eigenvalue weighted by Crippen LogP contribution is -2.14. The van der Waals surface area contributed by atoms with Crippen molar-refractivity contribution in [3.05, 3.63) is 28.3 Å². The van der Waals surface area contributed by atoms with Crippen molar-refractivity contribution >= 4 is 34.8 Å². The highest BCUT2D eigenvalue weighted by Crippen LogP contribution is 2.24. The molecule has 0 unspecified atom stereocenters. The number of aryl methyl sites for hydroxylation is 2. The predicted molar refractivity (Wildman–Crippen MR) is 60.3 cm³/mol. The minimum Gasteiger partial charge on any atom is -0.325 e. The molecule has 4 heteroatoms. The van der Waals surface area contributed by atoms with Crippen molar-refractivity contribution in [3.63, 3.8) is 0 Å². The molecule has 1 aromatic rings. The van der Waals surface area contributed by atoms with E-state index in [1.54, 1.807) is 12.1 Å². The van der Waals surface area contributed by atoms with Gasteiger partial charge in [0.05, 0.1) is 0 Å². The molecule has 0 spiro atoms. The van der Waals surface area contributed by atoms with Crippen molar-refractivity contribution in [3.8, 4) is 0 Å². The zero-order valence-electron chi connectivity index (χ0n) is 8.03. The third-order valence-corrected chi connectivity index (χ3v) is 2.34. The summed E-state index contributed by atoms with van der Waals surface area (Å²) >= 11 is 11.3. The van der Waals surface area contributed by atoms with Gasteiger partial charge in [0.2, 0.25) is 5.91 Å². The quantitative estimate of drug-likeness (QED) is 0.779. The van der Waals surface area contributed by atoms with Crippen molar-refractivity contribution in [2.75, 3.05) is 11.2 Å². The number of anilines is 1. The van der Waals surface area contributed by atoms with E-state index < -0.39 is 0 Å². The Morgan fingerprint density at radius 1 is 1.36 bits per heavy atom. The highest BCUT2D eigenvalue weighted by Gasteiger charge is 2.07. The SMILES string of the molecule is Cc1cc(Cl)cc(C)c1NC(=O)CCl. The number of halogens is 2. The maximum Gasteiger partial charge on any atom is 0.239 e. The highest BCUT2D eigenvalue weighted by atomic mass is 35.5. The van der Waals surface area contributed by atoms with Crippen LogP contribution in [-0.4, -0.2) is 11.8 Å². The molecule has 1 N–H and O–H groups in total. The molecule has 14 heavy (non-hydrogen) atoms. The number of benzene rings is 1. The molecule has 1 rings (SSSR count). The molecular weight excluding hydrogens is 221 g/mol. The average Bonchev–Trinajstić information content (AvgIpc) is 2.10. The molecule has 0 heterocycles. The molecule has 0 saturated carbocycles. The minimum absolute atomic E-state index is 0.0402. The summed E-state index contributed by atoms with van der Waals surface area (Å²) in [6, 6.07) is 3.61. The molecule has 0 saturated heterocycles. The van der Waals surface area contributed by atoms with Gasteiger partial charge >= 0.3 is 0 Å². The number of carbonyl (C=O) groups is 1. The van der Waals surface area contributed by atoms with Crippen LogP contribution in [0.1, 0.15) is 11.1 Å². The topological polar surface area (TPSA) is 29.1 Å². The largest absolute Gasteiger partial charge is 0.325 e. The molecule has 0 aliphatic rings.